The molecule has 0 saturated carbocycles. The Kier molecular flexibility index (Phi) is 3.79. The highest BCUT2D eigenvalue weighted by Gasteiger charge is 2.33. The van der Waals surface area contributed by atoms with E-state index in [0.717, 1.165) is 24.8 Å². The first-order valence-electron chi connectivity index (χ1n) is 5.97. The van der Waals surface area contributed by atoms with Crippen LogP contribution >= 0.6 is 0 Å². The number of nitrogens with one attached hydrogen (secondary N) is 1. The quantitative estimate of drug-likeness (QED) is 0.644. The summed E-state index contributed by atoms with van der Waals surface area (Å²) in [4.78, 5) is 2.56. The molecule has 82 valence electrons. The molecular weight excluding hydrogens is 176 g/mol. The molecule has 2 rings (SSSR count). The van der Waals surface area contributed by atoms with Gasteiger partial charge < -0.3 is 15.3 Å². The predicted molar refractivity (Wildman–Crippen MR) is 57.3 cm³/mol. The lowest BCUT2D eigenvalue weighted by Gasteiger charge is -2.24. The van der Waals surface area contributed by atoms with Crippen LogP contribution < -0.4 is 5.32 Å². The fraction of sp³-hybridized carbons (Fsp3) is 1.00. The molecule has 2 N–H and O–H groups in total. The Hall–Kier alpha value is -0.120. The van der Waals surface area contributed by atoms with Crippen LogP contribution in [0.25, 0.3) is 0 Å². The van der Waals surface area contributed by atoms with E-state index in [1.165, 1.54) is 39.0 Å². The highest BCUT2D eigenvalue weighted by atomic mass is 16.2. The minimum atomic E-state index is 0.346. The van der Waals surface area contributed by atoms with Crippen molar-refractivity contribution in [3.8, 4) is 0 Å². The number of rotatable bonds is 4. The van der Waals surface area contributed by atoms with E-state index in [0.29, 0.717) is 6.61 Å². The molecule has 0 aromatic carbocycles. The van der Waals surface area contributed by atoms with E-state index in [9.17, 15) is 0 Å². The Morgan fingerprint density at radius 2 is 2.21 bits per heavy atom. The Balaban J connectivity index is 1.70. The minimum Gasteiger partial charge on any atom is -0.396 e. The zero-order chi connectivity index (χ0) is 9.80. The molecule has 2 heterocycles. The summed E-state index contributed by atoms with van der Waals surface area (Å²) in [5, 5.41) is 12.3. The van der Waals surface area contributed by atoms with Crippen LogP contribution in [0.4, 0.5) is 0 Å². The molecule has 2 aliphatic heterocycles. The van der Waals surface area contributed by atoms with Gasteiger partial charge in [0.25, 0.3) is 0 Å². The number of aliphatic hydroxyl groups excluding tert-OH is 1. The van der Waals surface area contributed by atoms with Gasteiger partial charge in [-0.15, -0.1) is 0 Å². The summed E-state index contributed by atoms with van der Waals surface area (Å²) >= 11 is 0. The summed E-state index contributed by atoms with van der Waals surface area (Å²) in [6, 6.07) is 0.762. The van der Waals surface area contributed by atoms with Crippen molar-refractivity contribution < 1.29 is 5.11 Å². The third-order valence-electron chi connectivity index (χ3n) is 3.56. The van der Waals surface area contributed by atoms with Crippen molar-refractivity contribution in [2.75, 3.05) is 32.8 Å². The summed E-state index contributed by atoms with van der Waals surface area (Å²) < 4.78 is 0. The SMILES string of the molecule is OCCCCN1C[C@@H]2CCCN[C@@H]2C1. The lowest BCUT2D eigenvalue weighted by atomic mass is 9.94. The van der Waals surface area contributed by atoms with Crippen molar-refractivity contribution in [3.63, 3.8) is 0 Å². The van der Waals surface area contributed by atoms with Gasteiger partial charge in [0.05, 0.1) is 0 Å². The van der Waals surface area contributed by atoms with E-state index < -0.39 is 0 Å². The molecule has 3 heteroatoms. The Labute approximate surface area is 86.5 Å². The van der Waals surface area contributed by atoms with E-state index in [4.69, 9.17) is 5.11 Å². The third-order valence-corrected chi connectivity index (χ3v) is 3.56. The van der Waals surface area contributed by atoms with Crippen LogP contribution in [0.1, 0.15) is 25.7 Å². The molecule has 2 fully saturated rings. The molecule has 2 aliphatic rings. The number of aliphatic hydroxyl groups is 1. The first-order chi connectivity index (χ1) is 6.90. The highest BCUT2D eigenvalue weighted by molar-refractivity contribution is 4.91. The van der Waals surface area contributed by atoms with E-state index in [1.54, 1.807) is 0 Å². The van der Waals surface area contributed by atoms with Crippen molar-refractivity contribution in [3.05, 3.63) is 0 Å². The molecule has 0 aliphatic carbocycles. The maximum absolute atomic E-state index is 8.72. The summed E-state index contributed by atoms with van der Waals surface area (Å²) in [6.45, 7) is 5.25. The topological polar surface area (TPSA) is 35.5 Å². The lowest BCUT2D eigenvalue weighted by molar-refractivity contribution is 0.260. The van der Waals surface area contributed by atoms with Gasteiger partial charge in [0, 0.05) is 25.7 Å². The van der Waals surface area contributed by atoms with Gasteiger partial charge in [0.15, 0.2) is 0 Å². The van der Waals surface area contributed by atoms with Gasteiger partial charge in [0.2, 0.25) is 0 Å². The van der Waals surface area contributed by atoms with E-state index in [2.05, 4.69) is 10.2 Å². The second kappa shape index (κ2) is 5.10. The summed E-state index contributed by atoms with van der Waals surface area (Å²) in [6.07, 6.45) is 4.87. The van der Waals surface area contributed by atoms with Crippen LogP contribution in [-0.2, 0) is 0 Å². The van der Waals surface area contributed by atoms with Gasteiger partial charge in [-0.25, -0.2) is 0 Å². The molecule has 14 heavy (non-hydrogen) atoms. The normalized spacial score (nSPS) is 33.2. The average molecular weight is 198 g/mol. The first kappa shape index (κ1) is 10.4. The molecule has 2 atom stereocenters. The molecule has 0 aromatic rings. The van der Waals surface area contributed by atoms with Crippen molar-refractivity contribution >= 4 is 0 Å². The molecule has 3 nitrogen and oxygen atoms in total. The number of likely N-dealkylation sites (tertiary alicyclic amines) is 1. The van der Waals surface area contributed by atoms with Gasteiger partial charge in [-0.05, 0) is 44.7 Å². The molecule has 0 radical (unpaired) electrons. The Morgan fingerprint density at radius 3 is 3.00 bits per heavy atom. The third kappa shape index (κ3) is 2.47. The van der Waals surface area contributed by atoms with E-state index in [-0.39, 0.29) is 0 Å². The average Bonchev–Trinajstić information content (AvgIpc) is 2.60. The number of fused-ring (bicyclic) bond motifs is 1. The van der Waals surface area contributed by atoms with Gasteiger partial charge >= 0.3 is 0 Å². The molecule has 0 spiro atoms. The van der Waals surface area contributed by atoms with E-state index >= 15 is 0 Å². The molecule has 0 unspecified atom stereocenters. The molecule has 0 aromatic heterocycles. The predicted octanol–water partition coefficient (Wildman–Crippen LogP) is 0.443. The van der Waals surface area contributed by atoms with Crippen molar-refractivity contribution in [2.24, 2.45) is 5.92 Å². The Bertz CT molecular complexity index is 161. The zero-order valence-corrected chi connectivity index (χ0v) is 8.91. The number of nitrogens with zero attached hydrogens (tertiary/aromatic N) is 1. The number of unbranched alkanes of at least 4 members (excludes halogenated alkanes) is 1. The number of hydrogen-bond acceptors (Lipinski definition) is 3. The second-order valence-electron chi connectivity index (χ2n) is 4.65. The zero-order valence-electron chi connectivity index (χ0n) is 8.91. The van der Waals surface area contributed by atoms with E-state index in [1.807, 2.05) is 0 Å². The second-order valence-corrected chi connectivity index (χ2v) is 4.65. The van der Waals surface area contributed by atoms with Crippen LogP contribution in [0.15, 0.2) is 0 Å². The van der Waals surface area contributed by atoms with Crippen molar-refractivity contribution in [1.29, 1.82) is 0 Å². The van der Waals surface area contributed by atoms with Gasteiger partial charge in [0.1, 0.15) is 0 Å². The van der Waals surface area contributed by atoms with Gasteiger partial charge in [-0.1, -0.05) is 0 Å². The van der Waals surface area contributed by atoms with Gasteiger partial charge in [-0.3, -0.25) is 0 Å². The smallest absolute Gasteiger partial charge is 0.0431 e. The molecule has 2 saturated heterocycles. The lowest BCUT2D eigenvalue weighted by Crippen LogP contribution is -2.40. The fourth-order valence-electron chi connectivity index (χ4n) is 2.77. The Morgan fingerprint density at radius 1 is 1.29 bits per heavy atom. The minimum absolute atomic E-state index is 0.346. The standard InChI is InChI=1S/C11H22N2O/c14-7-2-1-6-13-8-10-4-3-5-12-11(10)9-13/h10-12,14H,1-9H2/t10-,11+/m0/s1. The van der Waals surface area contributed by atoms with Crippen molar-refractivity contribution in [2.45, 2.75) is 31.7 Å². The maximum Gasteiger partial charge on any atom is 0.0431 e. The van der Waals surface area contributed by atoms with Crippen LogP contribution in [0.3, 0.4) is 0 Å². The van der Waals surface area contributed by atoms with Crippen LogP contribution in [0.5, 0.6) is 0 Å². The van der Waals surface area contributed by atoms with Crippen LogP contribution in [-0.4, -0.2) is 48.8 Å². The molecular formula is C11H22N2O. The largest absolute Gasteiger partial charge is 0.396 e. The maximum atomic E-state index is 8.72. The molecule has 0 bridgehead atoms. The summed E-state index contributed by atoms with van der Waals surface area (Å²) in [5.74, 6) is 0.901. The first-order valence-corrected chi connectivity index (χ1v) is 5.97. The van der Waals surface area contributed by atoms with Crippen LogP contribution in [0, 0.1) is 5.92 Å². The monoisotopic (exact) mass is 198 g/mol. The summed E-state index contributed by atoms with van der Waals surface area (Å²) in [7, 11) is 0. The fourth-order valence-corrected chi connectivity index (χ4v) is 2.77. The molecule has 0 amide bonds. The highest BCUT2D eigenvalue weighted by Crippen LogP contribution is 2.24. The van der Waals surface area contributed by atoms with Crippen LogP contribution in [0.2, 0.25) is 0 Å². The number of piperidine rings is 1. The van der Waals surface area contributed by atoms with Crippen molar-refractivity contribution in [1.82, 2.24) is 10.2 Å². The number of hydrogen-bond donors (Lipinski definition) is 2. The van der Waals surface area contributed by atoms with Gasteiger partial charge in [-0.2, -0.15) is 0 Å². The summed E-state index contributed by atoms with van der Waals surface area (Å²) in [5.41, 5.74) is 0.